The quantitative estimate of drug-likeness (QED) is 0.733. The Kier molecular flexibility index (Phi) is 4.76. The van der Waals surface area contributed by atoms with Gasteiger partial charge >= 0.3 is 0 Å². The van der Waals surface area contributed by atoms with Crippen molar-refractivity contribution in [3.8, 4) is 11.4 Å². The summed E-state index contributed by atoms with van der Waals surface area (Å²) in [7, 11) is 0. The van der Waals surface area contributed by atoms with Crippen LogP contribution >= 0.6 is 11.6 Å². The molecule has 0 aliphatic rings. The molecule has 4 nitrogen and oxygen atoms in total. The van der Waals surface area contributed by atoms with E-state index >= 15 is 0 Å². The zero-order valence-corrected chi connectivity index (χ0v) is 14.4. The molecule has 0 radical (unpaired) electrons. The van der Waals surface area contributed by atoms with Gasteiger partial charge in [0, 0.05) is 22.5 Å². The second-order valence-corrected chi connectivity index (χ2v) is 5.97. The third-order valence-electron chi connectivity index (χ3n) is 3.84. The average Bonchev–Trinajstić information content (AvgIpc) is 2.59. The molecule has 3 rings (SSSR count). The molecule has 0 fully saturated rings. The molecule has 3 aromatic rings. The van der Waals surface area contributed by atoms with E-state index in [4.69, 9.17) is 11.6 Å². The highest BCUT2D eigenvalue weighted by atomic mass is 35.5. The van der Waals surface area contributed by atoms with Crippen molar-refractivity contribution in [2.45, 2.75) is 13.8 Å². The van der Waals surface area contributed by atoms with Gasteiger partial charge in [0.15, 0.2) is 5.82 Å². The molecule has 25 heavy (non-hydrogen) atoms. The summed E-state index contributed by atoms with van der Waals surface area (Å²) < 4.78 is 13.0. The lowest BCUT2D eigenvalue weighted by atomic mass is 10.1. The number of amides is 1. The van der Waals surface area contributed by atoms with Gasteiger partial charge in [-0.15, -0.1) is 0 Å². The summed E-state index contributed by atoms with van der Waals surface area (Å²) in [4.78, 5) is 21.1. The van der Waals surface area contributed by atoms with Gasteiger partial charge in [-0.3, -0.25) is 4.79 Å². The van der Waals surface area contributed by atoms with E-state index < -0.39 is 0 Å². The fourth-order valence-corrected chi connectivity index (χ4v) is 2.54. The summed E-state index contributed by atoms with van der Waals surface area (Å²) >= 11 is 6.07. The number of rotatable bonds is 3. The molecule has 2 aromatic carbocycles. The first-order valence-corrected chi connectivity index (χ1v) is 7.99. The lowest BCUT2D eigenvalue weighted by Gasteiger charge is -2.11. The minimum Gasteiger partial charge on any atom is -0.322 e. The summed E-state index contributed by atoms with van der Waals surface area (Å²) in [6, 6.07) is 11.2. The molecule has 6 heteroatoms. The van der Waals surface area contributed by atoms with Crippen LogP contribution in [0.2, 0.25) is 5.02 Å². The molecule has 1 N–H and O–H groups in total. The highest BCUT2D eigenvalue weighted by Gasteiger charge is 2.14. The molecule has 0 aliphatic heterocycles. The van der Waals surface area contributed by atoms with Crippen molar-refractivity contribution in [2.24, 2.45) is 0 Å². The normalized spacial score (nSPS) is 10.6. The monoisotopic (exact) mass is 355 g/mol. The standard InChI is InChI=1S/C19H15ClFN3O/c1-11-16(20)4-3-5-17(11)24-19(25)15-10-22-18(23-12(15)2)13-6-8-14(21)9-7-13/h3-10H,1-2H3,(H,24,25). The highest BCUT2D eigenvalue weighted by molar-refractivity contribution is 6.31. The van der Waals surface area contributed by atoms with E-state index in [1.807, 2.05) is 6.92 Å². The molecule has 0 atom stereocenters. The Hall–Kier alpha value is -2.79. The van der Waals surface area contributed by atoms with Gasteiger partial charge in [0.25, 0.3) is 5.91 Å². The van der Waals surface area contributed by atoms with Gasteiger partial charge in [0.2, 0.25) is 0 Å². The van der Waals surface area contributed by atoms with Gasteiger partial charge < -0.3 is 5.32 Å². The zero-order chi connectivity index (χ0) is 18.0. The maximum absolute atomic E-state index is 13.0. The lowest BCUT2D eigenvalue weighted by molar-refractivity contribution is 0.102. The van der Waals surface area contributed by atoms with E-state index in [1.54, 1.807) is 37.3 Å². The van der Waals surface area contributed by atoms with E-state index in [0.717, 1.165) is 5.56 Å². The number of aryl methyl sites for hydroxylation is 1. The van der Waals surface area contributed by atoms with Crippen molar-refractivity contribution in [1.29, 1.82) is 0 Å². The Morgan fingerprint density at radius 3 is 2.52 bits per heavy atom. The third kappa shape index (κ3) is 3.67. The number of benzene rings is 2. The van der Waals surface area contributed by atoms with Gasteiger partial charge in [-0.25, -0.2) is 14.4 Å². The van der Waals surface area contributed by atoms with Crippen LogP contribution < -0.4 is 5.32 Å². The topological polar surface area (TPSA) is 54.9 Å². The maximum atomic E-state index is 13.0. The van der Waals surface area contributed by atoms with Crippen LogP contribution in [0.4, 0.5) is 10.1 Å². The number of nitrogens with one attached hydrogen (secondary N) is 1. The number of aromatic nitrogens is 2. The average molecular weight is 356 g/mol. The summed E-state index contributed by atoms with van der Waals surface area (Å²) in [6.07, 6.45) is 1.47. The number of carbonyl (C=O) groups is 1. The minimum absolute atomic E-state index is 0.312. The Labute approximate surface area is 149 Å². The minimum atomic E-state index is -0.326. The Balaban J connectivity index is 1.86. The molecule has 0 saturated heterocycles. The van der Waals surface area contributed by atoms with Crippen molar-refractivity contribution < 1.29 is 9.18 Å². The van der Waals surface area contributed by atoms with Crippen LogP contribution in [0.3, 0.4) is 0 Å². The van der Waals surface area contributed by atoms with E-state index in [-0.39, 0.29) is 11.7 Å². The molecule has 1 amide bonds. The first-order valence-electron chi connectivity index (χ1n) is 7.62. The number of nitrogens with zero attached hydrogens (tertiary/aromatic N) is 2. The molecular weight excluding hydrogens is 341 g/mol. The molecule has 0 unspecified atom stereocenters. The number of hydrogen-bond donors (Lipinski definition) is 1. The summed E-state index contributed by atoms with van der Waals surface area (Å²) in [6.45, 7) is 3.56. The van der Waals surface area contributed by atoms with Crippen molar-refractivity contribution in [2.75, 3.05) is 5.32 Å². The maximum Gasteiger partial charge on any atom is 0.259 e. The largest absolute Gasteiger partial charge is 0.322 e. The van der Waals surface area contributed by atoms with Crippen molar-refractivity contribution in [1.82, 2.24) is 9.97 Å². The Morgan fingerprint density at radius 2 is 1.84 bits per heavy atom. The fourth-order valence-electron chi connectivity index (χ4n) is 2.36. The molecule has 0 spiro atoms. The molecule has 0 saturated carbocycles. The van der Waals surface area contributed by atoms with Gasteiger partial charge in [0.05, 0.1) is 11.3 Å². The van der Waals surface area contributed by atoms with Crippen molar-refractivity contribution in [3.63, 3.8) is 0 Å². The van der Waals surface area contributed by atoms with E-state index in [1.165, 1.54) is 18.3 Å². The molecule has 0 bridgehead atoms. The fraction of sp³-hybridized carbons (Fsp3) is 0.105. The van der Waals surface area contributed by atoms with E-state index in [2.05, 4.69) is 15.3 Å². The summed E-state index contributed by atoms with van der Waals surface area (Å²) in [5.41, 5.74) is 3.01. The first-order chi connectivity index (χ1) is 12.0. The van der Waals surface area contributed by atoms with Crippen LogP contribution in [-0.2, 0) is 0 Å². The molecule has 1 aromatic heterocycles. The van der Waals surface area contributed by atoms with E-state index in [9.17, 15) is 9.18 Å². The van der Waals surface area contributed by atoms with Gasteiger partial charge in [-0.1, -0.05) is 17.7 Å². The van der Waals surface area contributed by atoms with Crippen LogP contribution in [0, 0.1) is 19.7 Å². The number of halogens is 2. The van der Waals surface area contributed by atoms with Crippen molar-refractivity contribution in [3.05, 3.63) is 76.3 Å². The van der Waals surface area contributed by atoms with Gasteiger partial charge in [-0.2, -0.15) is 0 Å². The van der Waals surface area contributed by atoms with Gasteiger partial charge in [0.1, 0.15) is 5.82 Å². The first kappa shape index (κ1) is 17.0. The van der Waals surface area contributed by atoms with Crippen LogP contribution in [0.1, 0.15) is 21.6 Å². The second-order valence-electron chi connectivity index (χ2n) is 5.57. The predicted octanol–water partition coefficient (Wildman–Crippen LogP) is 4.81. The Bertz CT molecular complexity index is 942. The smallest absolute Gasteiger partial charge is 0.259 e. The molecular formula is C19H15ClFN3O. The molecule has 1 heterocycles. The van der Waals surface area contributed by atoms with Crippen LogP contribution in [0.15, 0.2) is 48.7 Å². The SMILES string of the molecule is Cc1nc(-c2ccc(F)cc2)ncc1C(=O)Nc1cccc(Cl)c1C. The summed E-state index contributed by atoms with van der Waals surface area (Å²) in [5, 5.41) is 3.40. The predicted molar refractivity (Wildman–Crippen MR) is 96.3 cm³/mol. The van der Waals surface area contributed by atoms with Crippen LogP contribution in [-0.4, -0.2) is 15.9 Å². The highest BCUT2D eigenvalue weighted by Crippen LogP contribution is 2.24. The third-order valence-corrected chi connectivity index (χ3v) is 4.25. The van der Waals surface area contributed by atoms with E-state index in [0.29, 0.717) is 33.4 Å². The zero-order valence-electron chi connectivity index (χ0n) is 13.7. The van der Waals surface area contributed by atoms with Gasteiger partial charge in [-0.05, 0) is 55.8 Å². The number of carbonyl (C=O) groups excluding carboxylic acids is 1. The number of anilines is 1. The van der Waals surface area contributed by atoms with Crippen LogP contribution in [0.5, 0.6) is 0 Å². The molecule has 126 valence electrons. The number of hydrogen-bond acceptors (Lipinski definition) is 3. The summed E-state index contributed by atoms with van der Waals surface area (Å²) in [5.74, 6) is -0.199. The van der Waals surface area contributed by atoms with Crippen LogP contribution in [0.25, 0.3) is 11.4 Å². The second kappa shape index (κ2) is 6.99. The van der Waals surface area contributed by atoms with Crippen molar-refractivity contribution >= 4 is 23.2 Å². The molecule has 0 aliphatic carbocycles. The lowest BCUT2D eigenvalue weighted by Crippen LogP contribution is -2.15. The Morgan fingerprint density at radius 1 is 1.12 bits per heavy atom.